The zero-order valence-corrected chi connectivity index (χ0v) is 12.3. The Morgan fingerprint density at radius 1 is 1.39 bits per heavy atom. The average molecular weight is 315 g/mol. The van der Waals surface area contributed by atoms with Crippen molar-refractivity contribution >= 4 is 27.5 Å². The molecule has 2 N–H and O–H groups in total. The third-order valence-electron chi connectivity index (χ3n) is 2.39. The minimum Gasteiger partial charge on any atom is -0.383 e. The number of carbonyl (C=O) groups excluding carboxylic acids is 1. The first-order chi connectivity index (χ1) is 8.61. The molecule has 0 bridgehead atoms. The summed E-state index contributed by atoms with van der Waals surface area (Å²) in [5.74, 6) is 0.00874. The Kier molecular flexibility index (Phi) is 6.93. The van der Waals surface area contributed by atoms with Gasteiger partial charge in [0.1, 0.15) is 0 Å². The van der Waals surface area contributed by atoms with Crippen LogP contribution < -0.4 is 10.6 Å². The normalized spacial score (nSPS) is 12.2. The predicted octanol–water partition coefficient (Wildman–Crippen LogP) is 2.40. The van der Waals surface area contributed by atoms with Crippen LogP contribution in [0, 0.1) is 0 Å². The second-order valence-corrected chi connectivity index (χ2v) is 5.03. The van der Waals surface area contributed by atoms with Crippen molar-refractivity contribution in [2.75, 3.05) is 25.6 Å². The number of methoxy groups -OCH3 is 1. The van der Waals surface area contributed by atoms with Crippen LogP contribution in [0.25, 0.3) is 0 Å². The van der Waals surface area contributed by atoms with Crippen molar-refractivity contribution in [2.45, 2.75) is 19.4 Å². The predicted molar refractivity (Wildman–Crippen MR) is 76.7 cm³/mol. The van der Waals surface area contributed by atoms with Crippen molar-refractivity contribution in [2.24, 2.45) is 0 Å². The summed E-state index contributed by atoms with van der Waals surface area (Å²) in [4.78, 5) is 11.6. The summed E-state index contributed by atoms with van der Waals surface area (Å²) in [6.45, 7) is 3.32. The molecule has 1 atom stereocenters. The van der Waals surface area contributed by atoms with Crippen molar-refractivity contribution in [1.29, 1.82) is 0 Å². The maximum atomic E-state index is 11.6. The van der Waals surface area contributed by atoms with E-state index in [9.17, 15) is 4.79 Å². The smallest absolute Gasteiger partial charge is 0.225 e. The van der Waals surface area contributed by atoms with Crippen LogP contribution in [0.4, 0.5) is 5.69 Å². The Labute approximate surface area is 116 Å². The minimum atomic E-state index is 0.00874. The van der Waals surface area contributed by atoms with Gasteiger partial charge in [0.05, 0.1) is 6.61 Å². The molecule has 0 aliphatic rings. The molecule has 1 rings (SSSR count). The molecule has 1 unspecified atom stereocenters. The van der Waals surface area contributed by atoms with E-state index in [0.717, 1.165) is 10.2 Å². The van der Waals surface area contributed by atoms with Crippen molar-refractivity contribution in [3.8, 4) is 0 Å². The van der Waals surface area contributed by atoms with Crippen LogP contribution in [0.2, 0.25) is 0 Å². The van der Waals surface area contributed by atoms with Gasteiger partial charge in [0.15, 0.2) is 0 Å². The van der Waals surface area contributed by atoms with Crippen LogP contribution in [0.3, 0.4) is 0 Å². The highest BCUT2D eigenvalue weighted by molar-refractivity contribution is 9.10. The van der Waals surface area contributed by atoms with Gasteiger partial charge in [-0.15, -0.1) is 0 Å². The quantitative estimate of drug-likeness (QED) is 0.812. The molecular formula is C13H19BrN2O2. The molecule has 1 aromatic rings. The Morgan fingerprint density at radius 3 is 2.67 bits per heavy atom. The molecule has 0 radical (unpaired) electrons. The summed E-state index contributed by atoms with van der Waals surface area (Å²) in [5, 5.41) is 6.06. The number of hydrogen-bond donors (Lipinski definition) is 2. The molecule has 5 heteroatoms. The molecule has 0 saturated carbocycles. The standard InChI is InChI=1S/C13H19BrN2O2/c1-10(9-18-2)15-8-7-13(17)16-12-5-3-11(14)4-6-12/h3-6,10,15H,7-9H2,1-2H3,(H,16,17). The fraction of sp³-hybridized carbons (Fsp3) is 0.462. The molecule has 18 heavy (non-hydrogen) atoms. The van der Waals surface area contributed by atoms with Crippen LogP contribution >= 0.6 is 15.9 Å². The molecule has 0 aliphatic heterocycles. The van der Waals surface area contributed by atoms with Crippen molar-refractivity contribution < 1.29 is 9.53 Å². The lowest BCUT2D eigenvalue weighted by atomic mass is 10.3. The third kappa shape index (κ3) is 6.14. The summed E-state index contributed by atoms with van der Waals surface area (Å²) in [6.07, 6.45) is 0.449. The second-order valence-electron chi connectivity index (χ2n) is 4.12. The largest absolute Gasteiger partial charge is 0.383 e. The molecule has 0 spiro atoms. The lowest BCUT2D eigenvalue weighted by Crippen LogP contribution is -2.32. The van der Waals surface area contributed by atoms with Crippen LogP contribution in [-0.2, 0) is 9.53 Å². The maximum absolute atomic E-state index is 11.6. The molecule has 1 amide bonds. The second kappa shape index (κ2) is 8.24. The molecule has 0 heterocycles. The number of carbonyl (C=O) groups is 1. The molecule has 0 aliphatic carbocycles. The third-order valence-corrected chi connectivity index (χ3v) is 2.92. The molecule has 0 fully saturated rings. The maximum Gasteiger partial charge on any atom is 0.225 e. The van der Waals surface area contributed by atoms with Gasteiger partial charge in [0.2, 0.25) is 5.91 Å². The summed E-state index contributed by atoms with van der Waals surface area (Å²) < 4.78 is 6.00. The van der Waals surface area contributed by atoms with E-state index in [1.807, 2.05) is 31.2 Å². The van der Waals surface area contributed by atoms with Crippen LogP contribution in [-0.4, -0.2) is 32.2 Å². The monoisotopic (exact) mass is 314 g/mol. The number of ether oxygens (including phenoxy) is 1. The number of amides is 1. The van der Waals surface area contributed by atoms with E-state index in [-0.39, 0.29) is 11.9 Å². The van der Waals surface area contributed by atoms with Gasteiger partial charge >= 0.3 is 0 Å². The SMILES string of the molecule is COCC(C)NCCC(=O)Nc1ccc(Br)cc1. The van der Waals surface area contributed by atoms with Crippen molar-refractivity contribution in [3.05, 3.63) is 28.7 Å². The molecular weight excluding hydrogens is 296 g/mol. The lowest BCUT2D eigenvalue weighted by molar-refractivity contribution is -0.116. The summed E-state index contributed by atoms with van der Waals surface area (Å²) >= 11 is 3.35. The Hall–Kier alpha value is -0.910. The van der Waals surface area contributed by atoms with E-state index in [0.29, 0.717) is 19.6 Å². The first-order valence-electron chi connectivity index (χ1n) is 5.89. The Morgan fingerprint density at radius 2 is 2.06 bits per heavy atom. The van der Waals surface area contributed by atoms with Gasteiger partial charge in [0, 0.05) is 36.3 Å². The fourth-order valence-corrected chi connectivity index (χ4v) is 1.76. The molecule has 0 aromatic heterocycles. The van der Waals surface area contributed by atoms with Gasteiger partial charge < -0.3 is 15.4 Å². The summed E-state index contributed by atoms with van der Waals surface area (Å²) in [6, 6.07) is 7.78. The lowest BCUT2D eigenvalue weighted by Gasteiger charge is -2.12. The fourth-order valence-electron chi connectivity index (χ4n) is 1.50. The minimum absolute atomic E-state index is 0.00874. The number of anilines is 1. The van der Waals surface area contributed by atoms with E-state index in [1.165, 1.54) is 0 Å². The van der Waals surface area contributed by atoms with E-state index >= 15 is 0 Å². The van der Waals surface area contributed by atoms with Crippen LogP contribution in [0.15, 0.2) is 28.7 Å². The Balaban J connectivity index is 2.23. The summed E-state index contributed by atoms with van der Waals surface area (Å²) in [7, 11) is 1.67. The van der Waals surface area contributed by atoms with E-state index in [4.69, 9.17) is 4.74 Å². The van der Waals surface area contributed by atoms with Gasteiger partial charge in [-0.1, -0.05) is 15.9 Å². The highest BCUT2D eigenvalue weighted by Crippen LogP contribution is 2.14. The number of benzene rings is 1. The molecule has 4 nitrogen and oxygen atoms in total. The van der Waals surface area contributed by atoms with E-state index in [1.54, 1.807) is 7.11 Å². The first-order valence-corrected chi connectivity index (χ1v) is 6.69. The number of nitrogens with one attached hydrogen (secondary N) is 2. The van der Waals surface area contributed by atoms with Gasteiger partial charge in [-0.05, 0) is 31.2 Å². The van der Waals surface area contributed by atoms with Crippen LogP contribution in [0.1, 0.15) is 13.3 Å². The molecule has 100 valence electrons. The topological polar surface area (TPSA) is 50.4 Å². The zero-order valence-electron chi connectivity index (χ0n) is 10.7. The van der Waals surface area contributed by atoms with Crippen molar-refractivity contribution in [3.63, 3.8) is 0 Å². The highest BCUT2D eigenvalue weighted by atomic mass is 79.9. The van der Waals surface area contributed by atoms with Gasteiger partial charge in [-0.2, -0.15) is 0 Å². The number of rotatable bonds is 7. The summed E-state index contributed by atoms with van der Waals surface area (Å²) in [5.41, 5.74) is 0.813. The Bertz CT molecular complexity index is 368. The molecule has 0 saturated heterocycles. The van der Waals surface area contributed by atoms with Gasteiger partial charge in [-0.25, -0.2) is 0 Å². The average Bonchev–Trinajstić information content (AvgIpc) is 2.32. The number of halogens is 1. The van der Waals surface area contributed by atoms with E-state index in [2.05, 4.69) is 26.6 Å². The van der Waals surface area contributed by atoms with Crippen LogP contribution in [0.5, 0.6) is 0 Å². The van der Waals surface area contributed by atoms with E-state index < -0.39 is 0 Å². The zero-order chi connectivity index (χ0) is 13.4. The first kappa shape index (κ1) is 15.1. The molecule has 1 aromatic carbocycles. The van der Waals surface area contributed by atoms with Gasteiger partial charge in [-0.3, -0.25) is 4.79 Å². The highest BCUT2D eigenvalue weighted by Gasteiger charge is 2.04. The van der Waals surface area contributed by atoms with Crippen molar-refractivity contribution in [1.82, 2.24) is 5.32 Å². The number of hydrogen-bond acceptors (Lipinski definition) is 3. The van der Waals surface area contributed by atoms with Gasteiger partial charge in [0.25, 0.3) is 0 Å².